The maximum absolute atomic E-state index is 12.3. The van der Waals surface area contributed by atoms with Crippen LogP contribution in [0.5, 0.6) is 0 Å². The number of ether oxygens (including phenoxy) is 1. The van der Waals surface area contributed by atoms with Gasteiger partial charge in [-0.2, -0.15) is 9.67 Å². The van der Waals surface area contributed by atoms with E-state index in [4.69, 9.17) is 29.2 Å². The molecule has 4 heterocycles. The molecule has 8 nitrogen and oxygen atoms in total. The zero-order valence-corrected chi connectivity index (χ0v) is 19.9. The van der Waals surface area contributed by atoms with Gasteiger partial charge in [0, 0.05) is 18.2 Å². The second-order valence-corrected chi connectivity index (χ2v) is 9.99. The summed E-state index contributed by atoms with van der Waals surface area (Å²) >= 11 is 12.4. The van der Waals surface area contributed by atoms with Crippen LogP contribution in [-0.4, -0.2) is 36.5 Å². The SMILES string of the molecule is CC1(C)CC(Cc2nc(=S)[nH]n2-c2csc(-c3[nH][nH]c(=S)[n+]3-c3ccccc3)c2)C(=O)O1. The van der Waals surface area contributed by atoms with Gasteiger partial charge in [-0.25, -0.2) is 9.67 Å². The summed E-state index contributed by atoms with van der Waals surface area (Å²) in [5, 5.41) is 11.3. The van der Waals surface area contributed by atoms with Crippen molar-refractivity contribution < 1.29 is 14.1 Å². The van der Waals surface area contributed by atoms with Gasteiger partial charge < -0.3 is 4.74 Å². The molecular weight excluding hydrogens is 464 g/mol. The van der Waals surface area contributed by atoms with Crippen molar-refractivity contribution in [3.63, 3.8) is 0 Å². The lowest BCUT2D eigenvalue weighted by Gasteiger charge is -2.14. The Morgan fingerprint density at radius 1 is 1.28 bits per heavy atom. The number of carbonyl (C=O) groups excluding carboxylic acids is 1. The average Bonchev–Trinajstić information content (AvgIpc) is 3.49. The average molecular weight is 486 g/mol. The summed E-state index contributed by atoms with van der Waals surface area (Å²) in [6, 6.07) is 12.0. The van der Waals surface area contributed by atoms with E-state index in [-0.39, 0.29) is 11.9 Å². The molecule has 1 fully saturated rings. The molecule has 1 saturated heterocycles. The first-order chi connectivity index (χ1) is 15.3. The molecule has 1 aliphatic heterocycles. The van der Waals surface area contributed by atoms with Crippen LogP contribution in [0.3, 0.4) is 0 Å². The number of hydrogen-bond donors (Lipinski definition) is 3. The Bertz CT molecular complexity index is 1410. The van der Waals surface area contributed by atoms with Gasteiger partial charge in [0.25, 0.3) is 5.82 Å². The van der Waals surface area contributed by atoms with E-state index in [9.17, 15) is 4.79 Å². The third-order valence-corrected chi connectivity index (χ3v) is 6.77. The van der Waals surface area contributed by atoms with Gasteiger partial charge in [0.15, 0.2) is 0 Å². The molecule has 1 atom stereocenters. The Labute approximate surface area is 197 Å². The Morgan fingerprint density at radius 3 is 2.78 bits per heavy atom. The Hall–Kier alpha value is -2.89. The number of aromatic nitrogens is 6. The van der Waals surface area contributed by atoms with Gasteiger partial charge in [-0.05, 0) is 56.5 Å². The van der Waals surface area contributed by atoms with Crippen molar-refractivity contribution in [1.82, 2.24) is 25.0 Å². The second-order valence-electron chi connectivity index (χ2n) is 8.31. The summed E-state index contributed by atoms with van der Waals surface area (Å²) in [6.45, 7) is 3.85. The van der Waals surface area contributed by atoms with Crippen molar-refractivity contribution >= 4 is 41.7 Å². The van der Waals surface area contributed by atoms with Crippen molar-refractivity contribution in [1.29, 1.82) is 0 Å². The van der Waals surface area contributed by atoms with Gasteiger partial charge in [-0.3, -0.25) is 9.89 Å². The summed E-state index contributed by atoms with van der Waals surface area (Å²) < 4.78 is 10.2. The zero-order valence-electron chi connectivity index (χ0n) is 17.4. The topological polar surface area (TPSA) is 95.4 Å². The first-order valence-corrected chi connectivity index (χ1v) is 11.8. The highest BCUT2D eigenvalue weighted by Crippen LogP contribution is 2.33. The van der Waals surface area contributed by atoms with E-state index in [0.29, 0.717) is 28.2 Å². The van der Waals surface area contributed by atoms with Gasteiger partial charge in [0.1, 0.15) is 22.0 Å². The number of thiophene rings is 1. The number of esters is 1. The maximum Gasteiger partial charge on any atom is 0.328 e. The molecule has 0 radical (unpaired) electrons. The lowest BCUT2D eigenvalue weighted by molar-refractivity contribution is -0.591. The molecular formula is C21H21N6O2S3+. The first kappa shape index (κ1) is 21.0. The van der Waals surface area contributed by atoms with Crippen molar-refractivity contribution in [2.24, 2.45) is 5.92 Å². The number of H-pyrrole nitrogens is 3. The smallest absolute Gasteiger partial charge is 0.328 e. The third kappa shape index (κ3) is 3.87. The molecule has 0 saturated carbocycles. The zero-order chi connectivity index (χ0) is 22.5. The molecule has 11 heteroatoms. The molecule has 4 aromatic rings. The van der Waals surface area contributed by atoms with Gasteiger partial charge in [-0.1, -0.05) is 18.2 Å². The normalized spacial score (nSPS) is 17.6. The predicted octanol–water partition coefficient (Wildman–Crippen LogP) is 4.20. The largest absolute Gasteiger partial charge is 0.459 e. The maximum atomic E-state index is 12.3. The summed E-state index contributed by atoms with van der Waals surface area (Å²) in [4.78, 5) is 17.7. The fourth-order valence-corrected chi connectivity index (χ4v) is 5.35. The van der Waals surface area contributed by atoms with Gasteiger partial charge in [0.2, 0.25) is 4.77 Å². The van der Waals surface area contributed by atoms with Crippen LogP contribution >= 0.6 is 35.8 Å². The molecule has 1 unspecified atom stereocenters. The Balaban J connectivity index is 1.49. The number of para-hydroxylation sites is 1. The van der Waals surface area contributed by atoms with E-state index in [1.165, 1.54) is 0 Å². The number of hydrogen-bond acceptors (Lipinski definition) is 6. The number of rotatable bonds is 5. The number of nitrogens with one attached hydrogen (secondary N) is 3. The molecule has 0 amide bonds. The van der Waals surface area contributed by atoms with Crippen LogP contribution in [0.2, 0.25) is 0 Å². The third-order valence-electron chi connectivity index (χ3n) is 5.38. The summed E-state index contributed by atoms with van der Waals surface area (Å²) in [7, 11) is 0. The van der Waals surface area contributed by atoms with E-state index in [1.807, 2.05) is 64.9 Å². The van der Waals surface area contributed by atoms with Gasteiger partial charge in [0.05, 0.1) is 11.6 Å². The molecule has 3 aromatic heterocycles. The molecule has 0 aliphatic carbocycles. The van der Waals surface area contributed by atoms with Crippen LogP contribution in [-0.2, 0) is 16.0 Å². The number of nitrogens with zero attached hydrogens (tertiary/aromatic N) is 3. The van der Waals surface area contributed by atoms with Crippen LogP contribution in [0.1, 0.15) is 26.1 Å². The molecule has 164 valence electrons. The standard InChI is InChI=1S/C21H20N6O2S3/c1-21(2)10-12(18(28)29-21)8-16-22-19(30)25-27(16)14-9-15(32-11-14)17-23-24-20(31)26(17)13-6-4-3-5-7-13/h3-7,9,11-12H,8,10H2,1-2H3,(H2,24,25,30,31)/p+1. The fourth-order valence-electron chi connectivity index (χ4n) is 4.04. The molecule has 5 rings (SSSR count). The van der Waals surface area contributed by atoms with Crippen molar-refractivity contribution in [3.05, 3.63) is 57.1 Å². The van der Waals surface area contributed by atoms with Gasteiger partial charge >= 0.3 is 10.7 Å². The lowest BCUT2D eigenvalue weighted by Crippen LogP contribution is -2.32. The summed E-state index contributed by atoms with van der Waals surface area (Å²) in [5.41, 5.74) is 1.39. The van der Waals surface area contributed by atoms with Crippen LogP contribution < -0.4 is 4.57 Å². The predicted molar refractivity (Wildman–Crippen MR) is 125 cm³/mol. The summed E-state index contributed by atoms with van der Waals surface area (Å²) in [6.07, 6.45) is 1.11. The van der Waals surface area contributed by atoms with Crippen molar-refractivity contribution in [3.8, 4) is 22.1 Å². The lowest BCUT2D eigenvalue weighted by atomic mass is 9.95. The molecule has 0 bridgehead atoms. The highest BCUT2D eigenvalue weighted by molar-refractivity contribution is 7.71. The minimum absolute atomic E-state index is 0.190. The second kappa shape index (κ2) is 7.91. The molecule has 3 N–H and O–H groups in total. The minimum Gasteiger partial charge on any atom is -0.459 e. The number of aromatic amines is 3. The van der Waals surface area contributed by atoms with E-state index in [0.717, 1.165) is 22.1 Å². The molecule has 1 aromatic carbocycles. The van der Waals surface area contributed by atoms with Crippen LogP contribution in [0.4, 0.5) is 0 Å². The first-order valence-electron chi connectivity index (χ1n) is 10.1. The highest BCUT2D eigenvalue weighted by Gasteiger charge is 2.40. The van der Waals surface area contributed by atoms with Gasteiger partial charge in [-0.15, -0.1) is 16.4 Å². The minimum atomic E-state index is -0.452. The monoisotopic (exact) mass is 485 g/mol. The van der Waals surface area contributed by atoms with E-state index >= 15 is 0 Å². The number of benzene rings is 1. The number of carbonyl (C=O) groups is 1. The van der Waals surface area contributed by atoms with E-state index in [2.05, 4.69) is 20.3 Å². The quantitative estimate of drug-likeness (QED) is 0.224. The van der Waals surface area contributed by atoms with E-state index in [1.54, 1.807) is 11.3 Å². The molecule has 1 aliphatic rings. The Morgan fingerprint density at radius 2 is 2.06 bits per heavy atom. The van der Waals surface area contributed by atoms with Crippen LogP contribution in [0.15, 0.2) is 41.8 Å². The highest BCUT2D eigenvalue weighted by atomic mass is 32.1. The van der Waals surface area contributed by atoms with Crippen LogP contribution in [0.25, 0.3) is 22.1 Å². The fraction of sp³-hybridized carbons (Fsp3) is 0.286. The number of cyclic esters (lactones) is 1. The van der Waals surface area contributed by atoms with Crippen molar-refractivity contribution in [2.45, 2.75) is 32.3 Å². The molecule has 32 heavy (non-hydrogen) atoms. The van der Waals surface area contributed by atoms with Crippen molar-refractivity contribution in [2.75, 3.05) is 0 Å². The molecule has 0 spiro atoms. The Kier molecular flexibility index (Phi) is 5.19. The van der Waals surface area contributed by atoms with Crippen LogP contribution in [0, 0.1) is 15.5 Å². The van der Waals surface area contributed by atoms with E-state index < -0.39 is 5.60 Å². The summed E-state index contributed by atoms with van der Waals surface area (Å²) in [5.74, 6) is 1.12.